The van der Waals surface area contributed by atoms with Crippen LogP contribution >= 0.6 is 15.9 Å². The van der Waals surface area contributed by atoms with Gasteiger partial charge in [0.15, 0.2) is 5.75 Å². The first-order chi connectivity index (χ1) is 15.7. The number of aryl methyl sites for hydroxylation is 1. The molecule has 1 aliphatic rings. The van der Waals surface area contributed by atoms with E-state index in [9.17, 15) is 0 Å². The molecule has 32 heavy (non-hydrogen) atoms. The maximum Gasteiger partial charge on any atom is 0.205 e. The molecule has 0 unspecified atom stereocenters. The molecule has 0 saturated carbocycles. The number of rotatable bonds is 7. The van der Waals surface area contributed by atoms with Crippen LogP contribution in [0.25, 0.3) is 22.3 Å². The molecule has 8 heteroatoms. The number of likely N-dealkylation sites (tertiary alicyclic amines) is 1. The molecule has 0 aliphatic carbocycles. The molecule has 166 valence electrons. The topological polar surface area (TPSA) is 71.0 Å². The van der Waals surface area contributed by atoms with Crippen molar-refractivity contribution in [1.82, 2.24) is 24.6 Å². The third-order valence-electron chi connectivity index (χ3n) is 5.91. The molecule has 1 fully saturated rings. The normalized spacial score (nSPS) is 14.7. The number of H-pyrrole nitrogens is 1. The van der Waals surface area contributed by atoms with Crippen LogP contribution in [0.4, 0.5) is 11.6 Å². The zero-order chi connectivity index (χ0) is 21.9. The lowest BCUT2D eigenvalue weighted by Gasteiger charge is -2.26. The van der Waals surface area contributed by atoms with E-state index in [1.54, 1.807) is 0 Å². The van der Waals surface area contributed by atoms with Crippen LogP contribution in [0.1, 0.15) is 19.3 Å². The van der Waals surface area contributed by atoms with Crippen LogP contribution in [0.5, 0.6) is 5.75 Å². The molecule has 7 nitrogen and oxygen atoms in total. The van der Waals surface area contributed by atoms with Crippen LogP contribution in [0, 0.1) is 0 Å². The second-order valence-corrected chi connectivity index (χ2v) is 8.98. The van der Waals surface area contributed by atoms with E-state index in [1.807, 2.05) is 54.3 Å². The van der Waals surface area contributed by atoms with E-state index in [-0.39, 0.29) is 0 Å². The van der Waals surface area contributed by atoms with Crippen molar-refractivity contribution >= 4 is 38.6 Å². The highest BCUT2D eigenvalue weighted by molar-refractivity contribution is 9.10. The summed E-state index contributed by atoms with van der Waals surface area (Å²) in [6, 6.07) is 14.1. The molecule has 4 aromatic rings. The zero-order valence-electron chi connectivity index (χ0n) is 18.1. The number of nitrogens with zero attached hydrogens (tertiary/aromatic N) is 4. The number of aromatic amines is 1. The van der Waals surface area contributed by atoms with E-state index >= 15 is 0 Å². The Morgan fingerprint density at radius 1 is 1.09 bits per heavy atom. The van der Waals surface area contributed by atoms with Gasteiger partial charge in [-0.05, 0) is 66.1 Å². The molecule has 5 rings (SSSR count). The lowest BCUT2D eigenvalue weighted by molar-refractivity contribution is 0.184. The summed E-state index contributed by atoms with van der Waals surface area (Å²) in [5.41, 5.74) is 4.75. The fourth-order valence-electron chi connectivity index (χ4n) is 4.29. The maximum absolute atomic E-state index is 6.44. The minimum Gasteiger partial charge on any atom is -0.489 e. The van der Waals surface area contributed by atoms with E-state index in [0.717, 1.165) is 57.8 Å². The van der Waals surface area contributed by atoms with Crippen molar-refractivity contribution in [3.63, 3.8) is 0 Å². The monoisotopic (exact) mass is 494 g/mol. The number of hydrogen-bond acceptors (Lipinski definition) is 5. The van der Waals surface area contributed by atoms with Gasteiger partial charge in [-0.2, -0.15) is 5.10 Å². The molecule has 0 radical (unpaired) electrons. The van der Waals surface area contributed by atoms with E-state index in [4.69, 9.17) is 4.74 Å². The SMILES string of the molecule is Cn1ncc(Br)c1-c1cccc(Nc2nc3ccccc3[nH]2)c1OCCN1CCCCC1. The van der Waals surface area contributed by atoms with E-state index in [1.165, 1.54) is 19.3 Å². The quantitative estimate of drug-likeness (QED) is 0.363. The number of anilines is 2. The summed E-state index contributed by atoms with van der Waals surface area (Å²) in [5.74, 6) is 1.49. The second kappa shape index (κ2) is 9.34. The Hall–Kier alpha value is -2.84. The van der Waals surface area contributed by atoms with Crippen molar-refractivity contribution in [1.29, 1.82) is 0 Å². The van der Waals surface area contributed by atoms with Crippen LogP contribution in [-0.4, -0.2) is 50.9 Å². The first-order valence-electron chi connectivity index (χ1n) is 11.1. The fraction of sp³-hybridized carbons (Fsp3) is 0.333. The van der Waals surface area contributed by atoms with Crippen molar-refractivity contribution in [2.45, 2.75) is 19.3 Å². The fourth-order valence-corrected chi connectivity index (χ4v) is 4.85. The molecule has 1 saturated heterocycles. The minimum atomic E-state index is 0.626. The molecule has 1 aliphatic heterocycles. The lowest BCUT2D eigenvalue weighted by Crippen LogP contribution is -2.33. The Labute approximate surface area is 195 Å². The largest absolute Gasteiger partial charge is 0.489 e. The predicted octanol–water partition coefficient (Wildman–Crippen LogP) is 5.33. The zero-order valence-corrected chi connectivity index (χ0v) is 19.7. The number of fused-ring (bicyclic) bond motifs is 1. The smallest absolute Gasteiger partial charge is 0.205 e. The Balaban J connectivity index is 1.46. The number of ether oxygens (including phenoxy) is 1. The van der Waals surface area contributed by atoms with Gasteiger partial charge >= 0.3 is 0 Å². The van der Waals surface area contributed by atoms with Gasteiger partial charge in [0.25, 0.3) is 0 Å². The van der Waals surface area contributed by atoms with Crippen LogP contribution < -0.4 is 10.1 Å². The van der Waals surface area contributed by atoms with Crippen molar-refractivity contribution in [3.8, 4) is 17.0 Å². The van der Waals surface area contributed by atoms with Crippen LogP contribution in [-0.2, 0) is 7.05 Å². The van der Waals surface area contributed by atoms with Gasteiger partial charge in [-0.25, -0.2) is 4.98 Å². The first-order valence-corrected chi connectivity index (χ1v) is 11.9. The number of piperidine rings is 1. The first kappa shape index (κ1) is 21.0. The molecule has 0 amide bonds. The van der Waals surface area contributed by atoms with Gasteiger partial charge < -0.3 is 15.0 Å². The second-order valence-electron chi connectivity index (χ2n) is 8.13. The highest BCUT2D eigenvalue weighted by atomic mass is 79.9. The van der Waals surface area contributed by atoms with E-state index in [0.29, 0.717) is 12.6 Å². The Bertz CT molecular complexity index is 1160. The summed E-state index contributed by atoms with van der Waals surface area (Å²) in [5, 5.41) is 7.84. The average molecular weight is 495 g/mol. The summed E-state index contributed by atoms with van der Waals surface area (Å²) in [6.07, 6.45) is 5.70. The average Bonchev–Trinajstić information content (AvgIpc) is 3.37. The van der Waals surface area contributed by atoms with Gasteiger partial charge in [0, 0.05) is 19.2 Å². The van der Waals surface area contributed by atoms with Gasteiger partial charge in [-0.1, -0.05) is 24.6 Å². The molecule has 0 bridgehead atoms. The number of nitrogens with one attached hydrogen (secondary N) is 2. The lowest BCUT2D eigenvalue weighted by atomic mass is 10.1. The Morgan fingerprint density at radius 2 is 1.94 bits per heavy atom. The Morgan fingerprint density at radius 3 is 2.72 bits per heavy atom. The van der Waals surface area contributed by atoms with Crippen molar-refractivity contribution in [3.05, 3.63) is 53.1 Å². The van der Waals surface area contributed by atoms with Crippen molar-refractivity contribution in [2.75, 3.05) is 31.6 Å². The summed E-state index contributed by atoms with van der Waals surface area (Å²) >= 11 is 3.65. The van der Waals surface area contributed by atoms with Gasteiger partial charge in [0.05, 0.1) is 33.1 Å². The number of para-hydroxylation sites is 3. The van der Waals surface area contributed by atoms with Crippen molar-refractivity contribution < 1.29 is 4.74 Å². The van der Waals surface area contributed by atoms with Gasteiger partial charge in [0.1, 0.15) is 6.61 Å². The van der Waals surface area contributed by atoms with Crippen LogP contribution in [0.2, 0.25) is 0 Å². The molecular formula is C24H27BrN6O. The summed E-state index contributed by atoms with van der Waals surface area (Å²) in [7, 11) is 1.94. The third-order valence-corrected chi connectivity index (χ3v) is 6.49. The number of aromatic nitrogens is 4. The van der Waals surface area contributed by atoms with Gasteiger partial charge in [-0.3, -0.25) is 9.58 Å². The van der Waals surface area contributed by atoms with E-state index in [2.05, 4.69) is 47.3 Å². The number of hydrogen-bond donors (Lipinski definition) is 2. The number of halogens is 1. The molecule has 2 N–H and O–H groups in total. The molecule has 3 heterocycles. The summed E-state index contributed by atoms with van der Waals surface area (Å²) < 4.78 is 9.24. The van der Waals surface area contributed by atoms with Crippen LogP contribution in [0.15, 0.2) is 53.1 Å². The summed E-state index contributed by atoms with van der Waals surface area (Å²) in [4.78, 5) is 10.5. The van der Waals surface area contributed by atoms with Crippen molar-refractivity contribution in [2.24, 2.45) is 7.05 Å². The number of imidazole rings is 1. The highest BCUT2D eigenvalue weighted by Gasteiger charge is 2.19. The van der Waals surface area contributed by atoms with Gasteiger partial charge in [-0.15, -0.1) is 0 Å². The maximum atomic E-state index is 6.44. The Kier molecular flexibility index (Phi) is 6.14. The van der Waals surface area contributed by atoms with E-state index < -0.39 is 0 Å². The molecule has 2 aromatic heterocycles. The minimum absolute atomic E-state index is 0.626. The highest BCUT2D eigenvalue weighted by Crippen LogP contribution is 2.40. The molecular weight excluding hydrogens is 468 g/mol. The molecule has 0 atom stereocenters. The predicted molar refractivity (Wildman–Crippen MR) is 132 cm³/mol. The molecule has 2 aromatic carbocycles. The van der Waals surface area contributed by atoms with Gasteiger partial charge in [0.2, 0.25) is 5.95 Å². The standard InChI is InChI=1S/C24H27BrN6O/c1-30-22(18(25)16-26-30)17-8-7-11-21(23(17)32-15-14-31-12-5-2-6-13-31)29-24-27-19-9-3-4-10-20(19)28-24/h3-4,7-11,16H,2,5-6,12-15H2,1H3,(H2,27,28,29). The molecule has 0 spiro atoms. The van der Waals surface area contributed by atoms with Crippen LogP contribution in [0.3, 0.4) is 0 Å². The summed E-state index contributed by atoms with van der Waals surface area (Å²) in [6.45, 7) is 3.86. The third kappa shape index (κ3) is 4.38. The number of benzene rings is 2.